The van der Waals surface area contributed by atoms with Crippen LogP contribution in [0.25, 0.3) is 34.3 Å². The fourth-order valence-corrected chi connectivity index (χ4v) is 3.99. The zero-order chi connectivity index (χ0) is 20.6. The van der Waals surface area contributed by atoms with E-state index in [9.17, 15) is 12.8 Å². The average molecular weight is 428 g/mol. The maximum absolute atomic E-state index is 14.0. The quantitative estimate of drug-likeness (QED) is 0.488. The SMILES string of the molecule is NS(=O)(=O)c1ccccc1-c1ccc2[nH]c(C=Cc3cccc(Cl)c3F)nc2c1. The second-order valence-electron chi connectivity index (χ2n) is 6.37. The van der Waals surface area contributed by atoms with E-state index in [2.05, 4.69) is 9.97 Å². The van der Waals surface area contributed by atoms with Gasteiger partial charge in [-0.25, -0.2) is 22.9 Å². The fourth-order valence-electron chi connectivity index (χ4n) is 3.04. The first-order valence-corrected chi connectivity index (χ1v) is 10.5. The standard InChI is InChI=1S/C21H15ClFN3O2S/c22-16-6-3-4-13(21(16)23)9-11-20-25-17-10-8-14(12-18(17)26-20)15-5-1-2-7-19(15)29(24,27)28/h1-12H,(H,25,26)(H2,24,27,28). The van der Waals surface area contributed by atoms with Crippen LogP contribution >= 0.6 is 11.6 Å². The van der Waals surface area contributed by atoms with Crippen LogP contribution < -0.4 is 5.14 Å². The lowest BCUT2D eigenvalue weighted by Crippen LogP contribution is -2.13. The third kappa shape index (κ3) is 3.93. The van der Waals surface area contributed by atoms with Gasteiger partial charge in [0.15, 0.2) is 0 Å². The van der Waals surface area contributed by atoms with E-state index in [1.165, 1.54) is 12.1 Å². The first kappa shape index (κ1) is 19.3. The van der Waals surface area contributed by atoms with Crippen molar-refractivity contribution in [1.82, 2.24) is 9.97 Å². The van der Waals surface area contributed by atoms with E-state index >= 15 is 0 Å². The summed E-state index contributed by atoms with van der Waals surface area (Å²) in [5.74, 6) is 0.0275. The molecular formula is C21H15ClFN3O2S. The zero-order valence-corrected chi connectivity index (χ0v) is 16.5. The number of nitrogens with zero attached hydrogens (tertiary/aromatic N) is 1. The molecule has 0 saturated heterocycles. The first-order chi connectivity index (χ1) is 13.8. The van der Waals surface area contributed by atoms with Gasteiger partial charge in [0.1, 0.15) is 11.6 Å². The van der Waals surface area contributed by atoms with E-state index in [0.717, 1.165) is 5.52 Å². The summed E-state index contributed by atoms with van der Waals surface area (Å²) in [6.45, 7) is 0. The molecule has 0 atom stereocenters. The molecule has 0 aliphatic rings. The number of nitrogens with two attached hydrogens (primary N) is 1. The first-order valence-electron chi connectivity index (χ1n) is 8.57. The topological polar surface area (TPSA) is 88.8 Å². The number of aromatic nitrogens is 2. The van der Waals surface area contributed by atoms with Gasteiger partial charge in [0, 0.05) is 11.1 Å². The van der Waals surface area contributed by atoms with Crippen LogP contribution in [0.5, 0.6) is 0 Å². The van der Waals surface area contributed by atoms with Crippen LogP contribution in [-0.2, 0) is 10.0 Å². The summed E-state index contributed by atoms with van der Waals surface area (Å²) in [5.41, 5.74) is 2.91. The fraction of sp³-hybridized carbons (Fsp3) is 0. The molecule has 29 heavy (non-hydrogen) atoms. The van der Waals surface area contributed by atoms with E-state index in [-0.39, 0.29) is 9.92 Å². The average Bonchev–Trinajstić information content (AvgIpc) is 3.10. The number of hydrogen-bond acceptors (Lipinski definition) is 3. The zero-order valence-electron chi connectivity index (χ0n) is 14.9. The Balaban J connectivity index is 1.73. The lowest BCUT2D eigenvalue weighted by Gasteiger charge is -2.07. The van der Waals surface area contributed by atoms with Gasteiger partial charge >= 0.3 is 0 Å². The van der Waals surface area contributed by atoms with E-state index in [0.29, 0.717) is 28.0 Å². The molecule has 0 spiro atoms. The maximum atomic E-state index is 14.0. The highest BCUT2D eigenvalue weighted by Gasteiger charge is 2.15. The molecule has 8 heteroatoms. The molecule has 0 radical (unpaired) electrons. The Morgan fingerprint density at radius 3 is 2.62 bits per heavy atom. The molecule has 0 fully saturated rings. The Labute approximate surface area is 171 Å². The van der Waals surface area contributed by atoms with Crippen LogP contribution in [0.3, 0.4) is 0 Å². The highest BCUT2D eigenvalue weighted by molar-refractivity contribution is 7.89. The maximum Gasteiger partial charge on any atom is 0.238 e. The molecule has 3 N–H and O–H groups in total. The molecule has 0 aliphatic heterocycles. The van der Waals surface area contributed by atoms with Crippen LogP contribution in [-0.4, -0.2) is 18.4 Å². The van der Waals surface area contributed by atoms with Crippen molar-refractivity contribution >= 4 is 44.8 Å². The molecular weight excluding hydrogens is 413 g/mol. The number of halogens is 2. The Morgan fingerprint density at radius 1 is 1.03 bits per heavy atom. The minimum Gasteiger partial charge on any atom is -0.338 e. The van der Waals surface area contributed by atoms with E-state index < -0.39 is 15.8 Å². The monoisotopic (exact) mass is 427 g/mol. The summed E-state index contributed by atoms with van der Waals surface area (Å²) < 4.78 is 37.8. The summed E-state index contributed by atoms with van der Waals surface area (Å²) >= 11 is 5.80. The molecule has 5 nitrogen and oxygen atoms in total. The number of hydrogen-bond donors (Lipinski definition) is 2. The third-order valence-electron chi connectivity index (χ3n) is 4.41. The van der Waals surface area contributed by atoms with E-state index in [4.69, 9.17) is 16.7 Å². The van der Waals surface area contributed by atoms with Crippen molar-refractivity contribution < 1.29 is 12.8 Å². The molecule has 1 aromatic heterocycles. The van der Waals surface area contributed by atoms with Gasteiger partial charge in [-0.3, -0.25) is 0 Å². The molecule has 0 aliphatic carbocycles. The number of sulfonamides is 1. The van der Waals surface area contributed by atoms with Crippen LogP contribution in [0, 0.1) is 5.82 Å². The molecule has 3 aromatic carbocycles. The Hall–Kier alpha value is -3.00. The summed E-state index contributed by atoms with van der Waals surface area (Å²) in [7, 11) is -3.86. The van der Waals surface area contributed by atoms with Gasteiger partial charge in [-0.2, -0.15) is 0 Å². The van der Waals surface area contributed by atoms with Crippen molar-refractivity contribution in [2.75, 3.05) is 0 Å². The van der Waals surface area contributed by atoms with Crippen molar-refractivity contribution in [1.29, 1.82) is 0 Å². The van der Waals surface area contributed by atoms with Gasteiger partial charge in [-0.1, -0.05) is 48.0 Å². The molecule has 146 valence electrons. The Bertz CT molecular complexity index is 1360. The predicted molar refractivity (Wildman–Crippen MR) is 113 cm³/mol. The number of aromatic amines is 1. The number of imidazole rings is 1. The van der Waals surface area contributed by atoms with Crippen LogP contribution in [0.4, 0.5) is 4.39 Å². The van der Waals surface area contributed by atoms with Crippen LogP contribution in [0.2, 0.25) is 5.02 Å². The van der Waals surface area contributed by atoms with E-state index in [1.54, 1.807) is 60.7 Å². The highest BCUT2D eigenvalue weighted by Crippen LogP contribution is 2.29. The second kappa shape index (κ2) is 7.44. The number of fused-ring (bicyclic) bond motifs is 1. The summed E-state index contributed by atoms with van der Waals surface area (Å²) in [4.78, 5) is 7.65. The number of nitrogens with one attached hydrogen (secondary N) is 1. The molecule has 0 saturated carbocycles. The van der Waals surface area contributed by atoms with Crippen molar-refractivity contribution in [2.24, 2.45) is 5.14 Å². The molecule has 4 rings (SSSR count). The number of benzene rings is 3. The molecule has 0 unspecified atom stereocenters. The lowest BCUT2D eigenvalue weighted by atomic mass is 10.1. The third-order valence-corrected chi connectivity index (χ3v) is 5.67. The minimum atomic E-state index is -3.86. The number of primary sulfonamides is 1. The van der Waals surface area contributed by atoms with Crippen molar-refractivity contribution in [2.45, 2.75) is 4.90 Å². The van der Waals surface area contributed by atoms with Crippen molar-refractivity contribution in [3.63, 3.8) is 0 Å². The highest BCUT2D eigenvalue weighted by atomic mass is 35.5. The van der Waals surface area contributed by atoms with Gasteiger partial charge in [0.25, 0.3) is 0 Å². The van der Waals surface area contributed by atoms with Gasteiger partial charge < -0.3 is 4.98 Å². The summed E-state index contributed by atoms with van der Waals surface area (Å²) in [6, 6.07) is 16.6. The molecule has 0 amide bonds. The Morgan fingerprint density at radius 2 is 1.83 bits per heavy atom. The van der Waals surface area contributed by atoms with Gasteiger partial charge in [0.2, 0.25) is 10.0 Å². The van der Waals surface area contributed by atoms with Crippen LogP contribution in [0.15, 0.2) is 65.6 Å². The smallest absolute Gasteiger partial charge is 0.238 e. The van der Waals surface area contributed by atoms with Crippen molar-refractivity contribution in [3.05, 3.63) is 82.9 Å². The van der Waals surface area contributed by atoms with Gasteiger partial charge in [-0.05, 0) is 42.0 Å². The Kier molecular flexibility index (Phi) is 4.96. The number of H-pyrrole nitrogens is 1. The minimum absolute atomic E-state index is 0.0476. The van der Waals surface area contributed by atoms with Crippen molar-refractivity contribution in [3.8, 4) is 11.1 Å². The number of rotatable bonds is 4. The second-order valence-corrected chi connectivity index (χ2v) is 8.31. The molecule has 1 heterocycles. The van der Waals surface area contributed by atoms with Gasteiger partial charge in [-0.15, -0.1) is 0 Å². The lowest BCUT2D eigenvalue weighted by molar-refractivity contribution is 0.598. The predicted octanol–water partition coefficient (Wildman–Crippen LogP) is 4.84. The van der Waals surface area contributed by atoms with E-state index in [1.807, 2.05) is 0 Å². The van der Waals surface area contributed by atoms with Gasteiger partial charge in [0.05, 0.1) is 21.0 Å². The largest absolute Gasteiger partial charge is 0.338 e. The summed E-state index contributed by atoms with van der Waals surface area (Å²) in [5, 5.41) is 5.38. The summed E-state index contributed by atoms with van der Waals surface area (Å²) in [6.07, 6.45) is 3.23. The molecule has 4 aromatic rings. The van der Waals surface area contributed by atoms with Crippen LogP contribution in [0.1, 0.15) is 11.4 Å². The normalized spacial score (nSPS) is 12.1. The molecule has 0 bridgehead atoms.